The molecule has 0 spiro atoms. The highest BCUT2D eigenvalue weighted by Crippen LogP contribution is 2.22. The van der Waals surface area contributed by atoms with Crippen LogP contribution in [0, 0.1) is 0 Å². The van der Waals surface area contributed by atoms with Crippen LogP contribution in [0.4, 0.5) is 5.69 Å². The molecule has 0 saturated heterocycles. The number of rotatable bonds is 11. The zero-order chi connectivity index (χ0) is 24.9. The van der Waals surface area contributed by atoms with Gasteiger partial charge in [0.15, 0.2) is 6.61 Å². The van der Waals surface area contributed by atoms with Crippen molar-refractivity contribution in [2.24, 2.45) is 5.10 Å². The Hall–Kier alpha value is -2.95. The Bertz CT molecular complexity index is 1030. The van der Waals surface area contributed by atoms with Crippen molar-refractivity contribution in [2.75, 3.05) is 25.1 Å². The maximum atomic E-state index is 12.2. The summed E-state index contributed by atoms with van der Waals surface area (Å²) >= 11 is 9.26. The van der Waals surface area contributed by atoms with Crippen LogP contribution in [0.15, 0.2) is 52.0 Å². The first-order valence-corrected chi connectivity index (χ1v) is 11.6. The van der Waals surface area contributed by atoms with Crippen LogP contribution >= 0.6 is 27.5 Å². The molecule has 0 aliphatic carbocycles. The molecule has 2 aromatic carbocycles. The predicted octanol–water partition coefficient (Wildman–Crippen LogP) is 3.50. The second-order valence-electron chi connectivity index (χ2n) is 7.26. The van der Waals surface area contributed by atoms with Gasteiger partial charge in [0.25, 0.3) is 5.91 Å². The number of hydrogen-bond acceptors (Lipinski definition) is 6. The summed E-state index contributed by atoms with van der Waals surface area (Å²) in [5.41, 5.74) is 3.20. The van der Waals surface area contributed by atoms with E-state index in [2.05, 4.69) is 37.1 Å². The summed E-state index contributed by atoms with van der Waals surface area (Å²) in [5.74, 6) is -1.72. The number of carbonyl (C=O) groups is 3. The van der Waals surface area contributed by atoms with Gasteiger partial charge in [-0.1, -0.05) is 33.6 Å². The molecule has 3 amide bonds. The molecule has 2 rings (SSSR count). The molecule has 0 atom stereocenters. The summed E-state index contributed by atoms with van der Waals surface area (Å²) in [6.07, 6.45) is 2.01. The largest absolute Gasteiger partial charge is 0.483 e. The molecule has 3 N–H and O–H groups in total. The quantitative estimate of drug-likeness (QED) is 0.170. The molecule has 0 saturated carbocycles. The van der Waals surface area contributed by atoms with Crippen LogP contribution in [0.2, 0.25) is 5.02 Å². The third-order valence-corrected chi connectivity index (χ3v) is 4.80. The maximum Gasteiger partial charge on any atom is 0.329 e. The van der Waals surface area contributed by atoms with Gasteiger partial charge in [0.05, 0.1) is 12.3 Å². The highest BCUT2D eigenvalue weighted by atomic mass is 79.9. The van der Waals surface area contributed by atoms with Crippen molar-refractivity contribution in [3.63, 3.8) is 0 Å². The van der Waals surface area contributed by atoms with Crippen LogP contribution < -0.4 is 20.8 Å². The third kappa shape index (κ3) is 10.3. The Morgan fingerprint density at radius 1 is 1.15 bits per heavy atom. The lowest BCUT2D eigenvalue weighted by atomic mass is 10.2. The van der Waals surface area contributed by atoms with Crippen LogP contribution in [-0.2, 0) is 19.1 Å². The van der Waals surface area contributed by atoms with Gasteiger partial charge in [-0.05, 0) is 56.7 Å². The first kappa shape index (κ1) is 27.3. The molecule has 0 bridgehead atoms. The minimum absolute atomic E-state index is 0.109. The molecular formula is C23H26BrClN4O5. The summed E-state index contributed by atoms with van der Waals surface area (Å²) in [4.78, 5) is 35.9. The Balaban J connectivity index is 1.85. The van der Waals surface area contributed by atoms with Crippen molar-refractivity contribution < 1.29 is 23.9 Å². The van der Waals surface area contributed by atoms with Crippen LogP contribution in [-0.4, -0.2) is 49.8 Å². The number of halogens is 2. The molecular weight excluding hydrogens is 528 g/mol. The molecule has 11 heteroatoms. The van der Waals surface area contributed by atoms with E-state index >= 15 is 0 Å². The molecule has 34 heavy (non-hydrogen) atoms. The minimum Gasteiger partial charge on any atom is -0.483 e. The van der Waals surface area contributed by atoms with Crippen LogP contribution in [0.3, 0.4) is 0 Å². The first-order valence-electron chi connectivity index (χ1n) is 10.4. The molecule has 182 valence electrons. The SMILES string of the molecule is CC(C)OCCCNC(=O)C(=O)N/N=C\c1cc(Br)ccc1OCC(=O)Nc1cccc(Cl)c1. The second kappa shape index (κ2) is 14.3. The van der Waals surface area contributed by atoms with E-state index in [1.807, 2.05) is 13.8 Å². The lowest BCUT2D eigenvalue weighted by molar-refractivity contribution is -0.139. The number of ether oxygens (including phenoxy) is 2. The van der Waals surface area contributed by atoms with Gasteiger partial charge in [0.1, 0.15) is 5.75 Å². The minimum atomic E-state index is -0.903. The number of hydrazone groups is 1. The first-order chi connectivity index (χ1) is 16.2. The van der Waals surface area contributed by atoms with Crippen molar-refractivity contribution in [1.82, 2.24) is 10.7 Å². The maximum absolute atomic E-state index is 12.2. The summed E-state index contributed by atoms with van der Waals surface area (Å²) in [6.45, 7) is 4.37. The van der Waals surface area contributed by atoms with E-state index in [1.165, 1.54) is 6.21 Å². The van der Waals surface area contributed by atoms with Gasteiger partial charge >= 0.3 is 11.8 Å². The van der Waals surface area contributed by atoms with Crippen LogP contribution in [0.1, 0.15) is 25.8 Å². The van der Waals surface area contributed by atoms with E-state index in [4.69, 9.17) is 21.1 Å². The van der Waals surface area contributed by atoms with Crippen molar-refractivity contribution in [2.45, 2.75) is 26.4 Å². The predicted molar refractivity (Wildman–Crippen MR) is 134 cm³/mol. The number of benzene rings is 2. The average Bonchev–Trinajstić information content (AvgIpc) is 2.78. The fraction of sp³-hybridized carbons (Fsp3) is 0.304. The zero-order valence-electron chi connectivity index (χ0n) is 18.8. The molecule has 0 aliphatic rings. The van der Waals surface area contributed by atoms with E-state index in [9.17, 15) is 14.4 Å². The van der Waals surface area contributed by atoms with Gasteiger partial charge in [0, 0.05) is 33.9 Å². The highest BCUT2D eigenvalue weighted by Gasteiger charge is 2.12. The fourth-order valence-electron chi connectivity index (χ4n) is 2.54. The Morgan fingerprint density at radius 2 is 1.94 bits per heavy atom. The molecule has 0 heterocycles. The summed E-state index contributed by atoms with van der Waals surface area (Å²) in [5, 5.41) is 9.49. The molecule has 9 nitrogen and oxygen atoms in total. The monoisotopic (exact) mass is 552 g/mol. The Labute approximate surface area is 211 Å². The van der Waals surface area contributed by atoms with Crippen LogP contribution in [0.25, 0.3) is 0 Å². The zero-order valence-corrected chi connectivity index (χ0v) is 21.1. The number of nitrogens with zero attached hydrogens (tertiary/aromatic N) is 1. The van der Waals surface area contributed by atoms with Gasteiger partial charge in [-0.15, -0.1) is 0 Å². The van der Waals surface area contributed by atoms with Gasteiger partial charge in [-0.3, -0.25) is 14.4 Å². The van der Waals surface area contributed by atoms with Gasteiger partial charge in [-0.2, -0.15) is 5.10 Å². The van der Waals surface area contributed by atoms with Crippen LogP contribution in [0.5, 0.6) is 5.75 Å². The second-order valence-corrected chi connectivity index (χ2v) is 8.61. The fourth-order valence-corrected chi connectivity index (χ4v) is 3.11. The van der Waals surface area contributed by atoms with Gasteiger partial charge in [-0.25, -0.2) is 5.43 Å². The number of nitrogens with one attached hydrogen (secondary N) is 3. The number of hydrogen-bond donors (Lipinski definition) is 3. The summed E-state index contributed by atoms with van der Waals surface area (Å²) in [7, 11) is 0. The van der Waals surface area contributed by atoms with E-state index in [1.54, 1.807) is 42.5 Å². The smallest absolute Gasteiger partial charge is 0.329 e. The molecule has 0 aliphatic heterocycles. The Kier molecular flexibility index (Phi) is 11.5. The van der Waals surface area contributed by atoms with Crippen molar-refractivity contribution in [3.8, 4) is 5.75 Å². The normalized spacial score (nSPS) is 10.9. The summed E-state index contributed by atoms with van der Waals surface area (Å²) in [6, 6.07) is 11.8. The highest BCUT2D eigenvalue weighted by molar-refractivity contribution is 9.10. The number of anilines is 1. The lowest BCUT2D eigenvalue weighted by Gasteiger charge is -2.10. The van der Waals surface area contributed by atoms with Crippen molar-refractivity contribution in [3.05, 3.63) is 57.5 Å². The Morgan fingerprint density at radius 3 is 2.68 bits per heavy atom. The lowest BCUT2D eigenvalue weighted by Crippen LogP contribution is -2.38. The molecule has 0 unspecified atom stereocenters. The molecule has 0 radical (unpaired) electrons. The number of carbonyl (C=O) groups excluding carboxylic acids is 3. The van der Waals surface area contributed by atoms with Crippen molar-refractivity contribution >= 4 is 57.2 Å². The molecule has 0 fully saturated rings. The standard InChI is InChI=1S/C23H26BrClN4O5/c1-15(2)33-10-4-9-26-22(31)23(32)29-27-13-16-11-17(24)7-8-20(16)34-14-21(30)28-19-6-3-5-18(25)12-19/h3,5-8,11-13,15H,4,9-10,14H2,1-2H3,(H,26,31)(H,28,30)(H,29,32)/b27-13-. The van der Waals surface area contributed by atoms with E-state index in [0.29, 0.717) is 41.6 Å². The van der Waals surface area contributed by atoms with Gasteiger partial charge < -0.3 is 20.1 Å². The average molecular weight is 554 g/mol. The van der Waals surface area contributed by atoms with E-state index in [0.717, 1.165) is 4.47 Å². The topological polar surface area (TPSA) is 118 Å². The van der Waals surface area contributed by atoms with Gasteiger partial charge in [0.2, 0.25) is 0 Å². The third-order valence-electron chi connectivity index (χ3n) is 4.07. The van der Waals surface area contributed by atoms with E-state index in [-0.39, 0.29) is 18.6 Å². The molecule has 0 aromatic heterocycles. The molecule has 2 aromatic rings. The van der Waals surface area contributed by atoms with Crippen molar-refractivity contribution in [1.29, 1.82) is 0 Å². The summed E-state index contributed by atoms with van der Waals surface area (Å²) < 4.78 is 11.7. The number of amides is 3. The van der Waals surface area contributed by atoms with E-state index < -0.39 is 11.8 Å².